The average Bonchev–Trinajstić information content (AvgIpc) is 2.38. The Balaban J connectivity index is 3.01. The lowest BCUT2D eigenvalue weighted by Gasteiger charge is -2.17. The number of nitrogens with one attached hydrogen (secondary N) is 1. The molecule has 0 aliphatic heterocycles. The van der Waals surface area contributed by atoms with E-state index in [4.69, 9.17) is 21.7 Å². The number of terminal acetylenes is 1. The fourth-order valence-corrected chi connectivity index (χ4v) is 1.68. The minimum Gasteiger partial charge on any atom is -0.490 e. The molecule has 18 heavy (non-hydrogen) atoms. The number of nitrogens with two attached hydrogens (primary N) is 1. The number of benzene rings is 1. The molecule has 0 aliphatic carbocycles. The minimum atomic E-state index is -0.0788. The van der Waals surface area contributed by atoms with E-state index >= 15 is 0 Å². The highest BCUT2D eigenvalue weighted by atomic mass is 16.5. The van der Waals surface area contributed by atoms with E-state index in [9.17, 15) is 0 Å². The van der Waals surface area contributed by atoms with Crippen LogP contribution in [0.5, 0.6) is 11.5 Å². The van der Waals surface area contributed by atoms with Crippen LogP contribution in [0.1, 0.15) is 31.9 Å². The molecule has 0 fully saturated rings. The van der Waals surface area contributed by atoms with Gasteiger partial charge >= 0.3 is 0 Å². The van der Waals surface area contributed by atoms with Crippen LogP contribution in [0, 0.1) is 12.3 Å². The van der Waals surface area contributed by atoms with Crippen molar-refractivity contribution in [3.63, 3.8) is 0 Å². The molecule has 0 radical (unpaired) electrons. The summed E-state index contributed by atoms with van der Waals surface area (Å²) in [5.41, 5.74) is 3.69. The van der Waals surface area contributed by atoms with Gasteiger partial charge in [0, 0.05) is 6.42 Å². The number of hydrogen-bond donors (Lipinski definition) is 2. The summed E-state index contributed by atoms with van der Waals surface area (Å²) >= 11 is 0. The monoisotopic (exact) mass is 248 g/mol. The predicted molar refractivity (Wildman–Crippen MR) is 72.3 cm³/mol. The third-order valence-corrected chi connectivity index (χ3v) is 2.49. The van der Waals surface area contributed by atoms with Gasteiger partial charge in [0.1, 0.15) is 0 Å². The van der Waals surface area contributed by atoms with Crippen molar-refractivity contribution in [2.75, 3.05) is 13.2 Å². The van der Waals surface area contributed by atoms with Crippen LogP contribution in [0.25, 0.3) is 0 Å². The second-order valence-corrected chi connectivity index (χ2v) is 3.70. The normalized spacial score (nSPS) is 11.7. The Labute approximate surface area is 108 Å². The Morgan fingerprint density at radius 2 is 1.94 bits per heavy atom. The topological polar surface area (TPSA) is 56.5 Å². The molecule has 1 unspecified atom stereocenters. The Kier molecular flexibility index (Phi) is 6.06. The largest absolute Gasteiger partial charge is 0.490 e. The van der Waals surface area contributed by atoms with E-state index in [0.29, 0.717) is 25.4 Å². The van der Waals surface area contributed by atoms with Crippen molar-refractivity contribution in [3.8, 4) is 23.8 Å². The zero-order valence-corrected chi connectivity index (χ0v) is 10.9. The van der Waals surface area contributed by atoms with Crippen LogP contribution in [0.3, 0.4) is 0 Å². The quantitative estimate of drug-likeness (QED) is 0.440. The van der Waals surface area contributed by atoms with E-state index in [2.05, 4.69) is 11.3 Å². The Morgan fingerprint density at radius 1 is 1.28 bits per heavy atom. The van der Waals surface area contributed by atoms with Crippen molar-refractivity contribution in [3.05, 3.63) is 23.8 Å². The van der Waals surface area contributed by atoms with Crippen molar-refractivity contribution < 1.29 is 9.47 Å². The highest BCUT2D eigenvalue weighted by molar-refractivity contribution is 5.44. The average molecular weight is 248 g/mol. The number of hydrogen-bond acceptors (Lipinski definition) is 4. The fraction of sp³-hybridized carbons (Fsp3) is 0.429. The Hall–Kier alpha value is -1.70. The van der Waals surface area contributed by atoms with Crippen molar-refractivity contribution in [2.45, 2.75) is 26.3 Å². The lowest BCUT2D eigenvalue weighted by molar-refractivity contribution is 0.287. The van der Waals surface area contributed by atoms with Crippen LogP contribution >= 0.6 is 0 Å². The highest BCUT2D eigenvalue weighted by Gasteiger charge is 2.12. The van der Waals surface area contributed by atoms with Crippen molar-refractivity contribution in [2.24, 2.45) is 5.84 Å². The van der Waals surface area contributed by atoms with Gasteiger partial charge in [0.25, 0.3) is 0 Å². The standard InChI is InChI=1S/C14H20N2O2/c1-4-7-12(16-15)11-8-9-13(17-5-2)14(10-11)18-6-3/h1,8-10,12,16H,5-7,15H2,2-3H3. The first kappa shape index (κ1) is 14.4. The summed E-state index contributed by atoms with van der Waals surface area (Å²) < 4.78 is 11.1. The maximum absolute atomic E-state index is 5.56. The molecular weight excluding hydrogens is 228 g/mol. The highest BCUT2D eigenvalue weighted by Crippen LogP contribution is 2.31. The number of ether oxygens (including phenoxy) is 2. The van der Waals surface area contributed by atoms with Gasteiger partial charge in [-0.2, -0.15) is 0 Å². The van der Waals surface area contributed by atoms with E-state index in [1.807, 2.05) is 32.0 Å². The van der Waals surface area contributed by atoms with Gasteiger partial charge in [0.2, 0.25) is 0 Å². The lowest BCUT2D eigenvalue weighted by atomic mass is 10.0. The van der Waals surface area contributed by atoms with Crippen molar-refractivity contribution in [1.82, 2.24) is 5.43 Å². The molecule has 0 bridgehead atoms. The zero-order valence-electron chi connectivity index (χ0n) is 10.9. The summed E-state index contributed by atoms with van der Waals surface area (Å²) in [7, 11) is 0. The first-order valence-electron chi connectivity index (χ1n) is 6.05. The molecule has 1 atom stereocenters. The molecule has 0 saturated heterocycles. The second-order valence-electron chi connectivity index (χ2n) is 3.70. The van der Waals surface area contributed by atoms with Gasteiger partial charge in [-0.3, -0.25) is 11.3 Å². The van der Waals surface area contributed by atoms with E-state index in [1.165, 1.54) is 0 Å². The van der Waals surface area contributed by atoms with Gasteiger partial charge < -0.3 is 9.47 Å². The van der Waals surface area contributed by atoms with Gasteiger partial charge in [-0.25, -0.2) is 0 Å². The van der Waals surface area contributed by atoms with Crippen molar-refractivity contribution in [1.29, 1.82) is 0 Å². The van der Waals surface area contributed by atoms with E-state index in [1.54, 1.807) is 0 Å². The minimum absolute atomic E-state index is 0.0788. The van der Waals surface area contributed by atoms with Crippen LogP contribution in [0.15, 0.2) is 18.2 Å². The summed E-state index contributed by atoms with van der Waals surface area (Å²) in [5.74, 6) is 9.54. The third-order valence-electron chi connectivity index (χ3n) is 2.49. The summed E-state index contributed by atoms with van der Waals surface area (Å²) in [5, 5.41) is 0. The molecule has 0 heterocycles. The fourth-order valence-electron chi connectivity index (χ4n) is 1.68. The van der Waals surface area contributed by atoms with Crippen LogP contribution in [-0.2, 0) is 0 Å². The summed E-state index contributed by atoms with van der Waals surface area (Å²) in [6.07, 6.45) is 5.84. The molecule has 0 aliphatic rings. The Morgan fingerprint density at radius 3 is 2.50 bits per heavy atom. The first-order valence-corrected chi connectivity index (χ1v) is 6.05. The molecule has 0 saturated carbocycles. The van der Waals surface area contributed by atoms with E-state index < -0.39 is 0 Å². The molecule has 1 rings (SSSR count). The van der Waals surface area contributed by atoms with Gasteiger partial charge in [0.05, 0.1) is 19.3 Å². The van der Waals surface area contributed by atoms with Crippen LogP contribution in [0.2, 0.25) is 0 Å². The van der Waals surface area contributed by atoms with Gasteiger partial charge in [-0.1, -0.05) is 6.07 Å². The molecule has 98 valence electrons. The molecule has 1 aromatic rings. The summed E-state index contributed by atoms with van der Waals surface area (Å²) in [6.45, 7) is 5.05. The predicted octanol–water partition coefficient (Wildman–Crippen LogP) is 2.01. The SMILES string of the molecule is C#CCC(NN)c1ccc(OCC)c(OCC)c1. The molecule has 0 aromatic heterocycles. The van der Waals surface area contributed by atoms with Crippen LogP contribution < -0.4 is 20.7 Å². The number of rotatable bonds is 7. The molecule has 4 heteroatoms. The van der Waals surface area contributed by atoms with Gasteiger partial charge in [0.15, 0.2) is 11.5 Å². The Bertz CT molecular complexity index is 413. The van der Waals surface area contributed by atoms with Crippen molar-refractivity contribution >= 4 is 0 Å². The summed E-state index contributed by atoms with van der Waals surface area (Å²) in [4.78, 5) is 0. The van der Waals surface area contributed by atoms with Gasteiger partial charge in [-0.05, 0) is 31.5 Å². The maximum atomic E-state index is 5.56. The molecule has 0 amide bonds. The summed E-state index contributed by atoms with van der Waals surface area (Å²) in [6, 6.07) is 5.65. The molecule has 1 aromatic carbocycles. The van der Waals surface area contributed by atoms with Crippen LogP contribution in [0.4, 0.5) is 0 Å². The maximum Gasteiger partial charge on any atom is 0.161 e. The third kappa shape index (κ3) is 3.66. The van der Waals surface area contributed by atoms with E-state index in [0.717, 1.165) is 11.3 Å². The van der Waals surface area contributed by atoms with Crippen LogP contribution in [-0.4, -0.2) is 13.2 Å². The second kappa shape index (κ2) is 7.59. The molecule has 4 nitrogen and oxygen atoms in total. The first-order chi connectivity index (χ1) is 8.76. The number of hydrazine groups is 1. The van der Waals surface area contributed by atoms with E-state index in [-0.39, 0.29) is 6.04 Å². The molecule has 0 spiro atoms. The van der Waals surface area contributed by atoms with Gasteiger partial charge in [-0.15, -0.1) is 12.3 Å². The molecular formula is C14H20N2O2. The lowest BCUT2D eigenvalue weighted by Crippen LogP contribution is -2.27. The zero-order chi connectivity index (χ0) is 13.4. The molecule has 3 N–H and O–H groups in total. The smallest absolute Gasteiger partial charge is 0.161 e.